The van der Waals surface area contributed by atoms with Gasteiger partial charge in [-0.3, -0.25) is 0 Å². The molecule has 0 unspecified atom stereocenters. The lowest BCUT2D eigenvalue weighted by molar-refractivity contribution is -0.187. The molecule has 0 amide bonds. The Labute approximate surface area is 178 Å². The third-order valence-corrected chi connectivity index (χ3v) is 5.57. The Morgan fingerprint density at radius 1 is 1.03 bits per heavy atom. The molecule has 0 radical (unpaired) electrons. The first kappa shape index (κ1) is 22.8. The zero-order valence-corrected chi connectivity index (χ0v) is 17.0. The Hall–Kier alpha value is -2.88. The fourth-order valence-electron chi connectivity index (χ4n) is 3.91. The van der Waals surface area contributed by atoms with Gasteiger partial charge in [0.25, 0.3) is 0 Å². The predicted molar refractivity (Wildman–Crippen MR) is 106 cm³/mol. The van der Waals surface area contributed by atoms with E-state index in [1.54, 1.807) is 0 Å². The van der Waals surface area contributed by atoms with Crippen molar-refractivity contribution in [3.63, 3.8) is 0 Å². The molecule has 164 valence electrons. The summed E-state index contributed by atoms with van der Waals surface area (Å²) in [6, 6.07) is 5.70. The maximum absolute atomic E-state index is 14.6. The van der Waals surface area contributed by atoms with E-state index >= 15 is 0 Å². The maximum atomic E-state index is 14.6. The summed E-state index contributed by atoms with van der Waals surface area (Å²) < 4.78 is 75.3. The molecule has 2 aromatic rings. The van der Waals surface area contributed by atoms with Crippen molar-refractivity contribution in [1.82, 2.24) is 0 Å². The predicted octanol–water partition coefficient (Wildman–Crippen LogP) is 7.34. The maximum Gasteiger partial charge on any atom is 0.429 e. The molecule has 7 heteroatoms. The molecule has 31 heavy (non-hydrogen) atoms. The van der Waals surface area contributed by atoms with Crippen molar-refractivity contribution in [3.8, 4) is 11.8 Å². The van der Waals surface area contributed by atoms with Gasteiger partial charge >= 0.3 is 6.11 Å². The smallest absolute Gasteiger partial charge is 0.429 e. The van der Waals surface area contributed by atoms with E-state index in [-0.39, 0.29) is 5.92 Å². The summed E-state index contributed by atoms with van der Waals surface area (Å²) in [7, 11) is 0. The van der Waals surface area contributed by atoms with Crippen LogP contribution < -0.4 is 4.74 Å². The summed E-state index contributed by atoms with van der Waals surface area (Å²) in [6.07, 6.45) is 4.75. The summed E-state index contributed by atoms with van der Waals surface area (Å²) in [5.74, 6) is -4.09. The van der Waals surface area contributed by atoms with Gasteiger partial charge in [0.2, 0.25) is 0 Å². The Kier molecular flexibility index (Phi) is 6.99. The van der Waals surface area contributed by atoms with Gasteiger partial charge < -0.3 is 4.74 Å². The highest BCUT2D eigenvalue weighted by Gasteiger charge is 2.38. The number of hydrogen-bond acceptors (Lipinski definition) is 2. The van der Waals surface area contributed by atoms with E-state index in [9.17, 15) is 22.0 Å². The first-order valence-electron chi connectivity index (χ1n) is 10.2. The normalized spacial score (nSPS) is 19.4. The lowest BCUT2D eigenvalue weighted by atomic mass is 9.78. The van der Waals surface area contributed by atoms with Crippen molar-refractivity contribution in [2.45, 2.75) is 51.1 Å². The molecule has 1 aliphatic rings. The molecule has 0 aliphatic heterocycles. The van der Waals surface area contributed by atoms with E-state index in [2.05, 4.69) is 23.8 Å². The second-order valence-corrected chi connectivity index (χ2v) is 7.68. The van der Waals surface area contributed by atoms with Crippen LogP contribution in [0.5, 0.6) is 5.75 Å². The molecule has 0 atom stereocenters. The molecular formula is C24H22F5NO. The monoisotopic (exact) mass is 435 g/mol. The van der Waals surface area contributed by atoms with Crippen molar-refractivity contribution in [3.05, 3.63) is 76.6 Å². The van der Waals surface area contributed by atoms with Crippen LogP contribution >= 0.6 is 0 Å². The molecule has 0 aromatic heterocycles. The minimum atomic E-state index is -4.15. The quantitative estimate of drug-likeness (QED) is 0.351. The van der Waals surface area contributed by atoms with E-state index in [1.807, 2.05) is 0 Å². The molecule has 2 aromatic carbocycles. The third-order valence-electron chi connectivity index (χ3n) is 5.57. The van der Waals surface area contributed by atoms with E-state index in [0.717, 1.165) is 44.2 Å². The van der Waals surface area contributed by atoms with E-state index < -0.39 is 40.4 Å². The minimum Gasteiger partial charge on any atom is -0.429 e. The zero-order valence-electron chi connectivity index (χ0n) is 17.0. The molecule has 0 spiro atoms. The number of alkyl halides is 2. The van der Waals surface area contributed by atoms with Gasteiger partial charge in [0, 0.05) is 12.1 Å². The number of ether oxygens (including phenoxy) is 1. The standard InChI is InChI=1S/C24H22F5NO/c1-2-3-4-15-5-7-16(8-6-15)17-9-10-20(23(27)11-17)24(28,29)31-18-12-21(25)19(14-30)22(26)13-18/h3-4,9-13,15-16H,2,5-8H2,1H3/b4-3+. The van der Waals surface area contributed by atoms with Crippen molar-refractivity contribution in [2.24, 2.45) is 5.92 Å². The van der Waals surface area contributed by atoms with Gasteiger partial charge in [-0.1, -0.05) is 25.1 Å². The van der Waals surface area contributed by atoms with Crippen molar-refractivity contribution in [2.75, 3.05) is 0 Å². The number of allylic oxidation sites excluding steroid dienone is 2. The summed E-state index contributed by atoms with van der Waals surface area (Å²) in [6.45, 7) is 2.07. The second kappa shape index (κ2) is 9.51. The van der Waals surface area contributed by atoms with Gasteiger partial charge in [-0.25, -0.2) is 13.2 Å². The first-order valence-corrected chi connectivity index (χ1v) is 10.2. The fourth-order valence-corrected chi connectivity index (χ4v) is 3.91. The number of hydrogen-bond donors (Lipinski definition) is 0. The van der Waals surface area contributed by atoms with Gasteiger partial charge in [0.05, 0.1) is 5.56 Å². The summed E-state index contributed by atoms with van der Waals surface area (Å²) in [5, 5.41) is 8.65. The number of benzene rings is 2. The highest BCUT2D eigenvalue weighted by Crippen LogP contribution is 2.39. The van der Waals surface area contributed by atoms with Crippen molar-refractivity contribution >= 4 is 0 Å². The molecule has 0 N–H and O–H groups in total. The van der Waals surface area contributed by atoms with Gasteiger partial charge in [-0.05, 0) is 61.6 Å². The number of nitriles is 1. The molecule has 1 saturated carbocycles. The number of nitrogens with zero attached hydrogens (tertiary/aromatic N) is 1. The van der Waals surface area contributed by atoms with Crippen molar-refractivity contribution < 1.29 is 26.7 Å². The van der Waals surface area contributed by atoms with Gasteiger partial charge in [0.1, 0.15) is 34.8 Å². The van der Waals surface area contributed by atoms with E-state index in [1.165, 1.54) is 12.1 Å². The van der Waals surface area contributed by atoms with Crippen LogP contribution in [0.2, 0.25) is 0 Å². The molecule has 0 bridgehead atoms. The zero-order chi connectivity index (χ0) is 22.6. The Morgan fingerprint density at radius 3 is 2.23 bits per heavy atom. The van der Waals surface area contributed by atoms with Crippen LogP contribution in [0.4, 0.5) is 22.0 Å². The van der Waals surface area contributed by atoms with Crippen LogP contribution in [0.3, 0.4) is 0 Å². The number of rotatable bonds is 6. The Balaban J connectivity index is 1.75. The molecule has 0 heterocycles. The molecular weight excluding hydrogens is 413 g/mol. The molecule has 1 aliphatic carbocycles. The van der Waals surface area contributed by atoms with Gasteiger partial charge in [-0.15, -0.1) is 0 Å². The average Bonchev–Trinajstić information content (AvgIpc) is 2.72. The van der Waals surface area contributed by atoms with Crippen LogP contribution in [0.1, 0.15) is 61.6 Å². The van der Waals surface area contributed by atoms with Crippen LogP contribution in [-0.2, 0) is 6.11 Å². The summed E-state index contributed by atoms with van der Waals surface area (Å²) in [4.78, 5) is 0. The van der Waals surface area contributed by atoms with E-state index in [0.29, 0.717) is 23.6 Å². The highest BCUT2D eigenvalue weighted by molar-refractivity contribution is 5.38. The molecule has 1 fully saturated rings. The topological polar surface area (TPSA) is 33.0 Å². The van der Waals surface area contributed by atoms with Crippen LogP contribution in [0, 0.1) is 34.7 Å². The Morgan fingerprint density at radius 2 is 1.68 bits per heavy atom. The molecule has 3 rings (SSSR count). The van der Waals surface area contributed by atoms with Gasteiger partial charge in [0.15, 0.2) is 0 Å². The average molecular weight is 435 g/mol. The first-order chi connectivity index (χ1) is 14.7. The van der Waals surface area contributed by atoms with Crippen LogP contribution in [0.25, 0.3) is 0 Å². The number of halogens is 5. The van der Waals surface area contributed by atoms with Crippen LogP contribution in [-0.4, -0.2) is 0 Å². The van der Waals surface area contributed by atoms with E-state index in [4.69, 9.17) is 5.26 Å². The highest BCUT2D eigenvalue weighted by atomic mass is 19.3. The lowest BCUT2D eigenvalue weighted by Crippen LogP contribution is -2.24. The van der Waals surface area contributed by atoms with Gasteiger partial charge in [-0.2, -0.15) is 14.0 Å². The molecule has 2 nitrogen and oxygen atoms in total. The Bertz CT molecular complexity index is 981. The van der Waals surface area contributed by atoms with Crippen LogP contribution in [0.15, 0.2) is 42.5 Å². The van der Waals surface area contributed by atoms with Crippen molar-refractivity contribution in [1.29, 1.82) is 5.26 Å². The third kappa shape index (κ3) is 5.25. The largest absolute Gasteiger partial charge is 0.429 e. The minimum absolute atomic E-state index is 0.0890. The summed E-state index contributed by atoms with van der Waals surface area (Å²) in [5.41, 5.74) is -1.29. The summed E-state index contributed by atoms with van der Waals surface area (Å²) >= 11 is 0. The molecule has 0 saturated heterocycles. The fraction of sp³-hybridized carbons (Fsp3) is 0.375. The lowest BCUT2D eigenvalue weighted by Gasteiger charge is -2.27. The SMILES string of the molecule is CC/C=C/C1CCC(c2ccc(C(F)(F)Oc3cc(F)c(C#N)c(F)c3)c(F)c2)CC1. The second-order valence-electron chi connectivity index (χ2n) is 7.68.